The van der Waals surface area contributed by atoms with Crippen LogP contribution in [0.2, 0.25) is 0 Å². The van der Waals surface area contributed by atoms with Gasteiger partial charge >= 0.3 is 18.1 Å². The number of phenolic OH excluding ortho intramolecular Hbond substituents is 1. The van der Waals surface area contributed by atoms with E-state index in [9.17, 15) is 14.7 Å². The lowest BCUT2D eigenvalue weighted by molar-refractivity contribution is -0.179. The predicted octanol–water partition coefficient (Wildman–Crippen LogP) is 5.46. The van der Waals surface area contributed by atoms with E-state index in [1.54, 1.807) is 42.3 Å². The molecule has 68 heavy (non-hydrogen) atoms. The Morgan fingerprint density at radius 3 is 2.16 bits per heavy atom. The van der Waals surface area contributed by atoms with E-state index in [-0.39, 0.29) is 49.8 Å². The van der Waals surface area contributed by atoms with Crippen LogP contribution in [0.4, 0.5) is 15.3 Å². The number of amides is 5. The zero-order valence-electron chi connectivity index (χ0n) is 37.5. The van der Waals surface area contributed by atoms with E-state index in [0.717, 1.165) is 21.6 Å². The largest absolute Gasteiger partial charge is 0.508 e. The lowest BCUT2D eigenvalue weighted by atomic mass is 9.64. The maximum absolute atomic E-state index is 16.4. The van der Waals surface area contributed by atoms with Crippen molar-refractivity contribution < 1.29 is 52.8 Å². The summed E-state index contributed by atoms with van der Waals surface area (Å²) in [4.78, 5) is 78.7. The second-order valence-electron chi connectivity index (χ2n) is 16.8. The fourth-order valence-corrected chi connectivity index (χ4v) is 10.4. The van der Waals surface area contributed by atoms with Crippen molar-refractivity contribution in [2.75, 3.05) is 52.5 Å². The summed E-state index contributed by atoms with van der Waals surface area (Å²) in [6.45, 7) is 0.0323. The summed E-state index contributed by atoms with van der Waals surface area (Å²) >= 11 is 0. The molecule has 0 saturated carbocycles. The number of nitrogens with two attached hydrogens (primary N) is 1. The molecule has 348 valence electrons. The first-order valence-electron chi connectivity index (χ1n) is 22.1. The maximum atomic E-state index is 16.4. The van der Waals surface area contributed by atoms with E-state index in [2.05, 4.69) is 17.2 Å². The molecule has 9 rings (SSSR count). The van der Waals surface area contributed by atoms with E-state index in [1.807, 2.05) is 77.7 Å². The van der Waals surface area contributed by atoms with E-state index in [0.29, 0.717) is 34.6 Å². The Balaban J connectivity index is 1.33. The van der Waals surface area contributed by atoms with Crippen LogP contribution >= 0.6 is 0 Å². The number of urea groups is 1. The summed E-state index contributed by atoms with van der Waals surface area (Å²) in [7, 11) is 4.53. The average molecular weight is 920 g/mol. The number of aromatic hydroxyl groups is 1. The Bertz CT molecular complexity index is 2830. The number of morpholine rings is 1. The molecule has 2 fully saturated rings. The Kier molecular flexibility index (Phi) is 12.5. The van der Waals surface area contributed by atoms with Gasteiger partial charge in [-0.25, -0.2) is 14.5 Å². The maximum Gasteiger partial charge on any atom is 0.421 e. The number of benzene rings is 5. The van der Waals surface area contributed by atoms with Gasteiger partial charge in [-0.1, -0.05) is 84.6 Å². The SMILES string of the molecule is COCCOC(=O)N1C(=O)[C@@]2(c3cc(C#CCNC(N)=O)ccc31)[C@H](c1ccc(O)cc1)N1[C@H](c3ccccc3)[C@H](c3ccccc3)OC(=O)[C@H]1[C@@H]2C(=O)N1CCc2cc(OC)c(OC)cc2C1. The normalized spacial score (nSPS) is 22.5. The van der Waals surface area contributed by atoms with Gasteiger partial charge in [0.05, 0.1) is 51.1 Å². The highest BCUT2D eigenvalue weighted by Gasteiger charge is 2.76. The number of primary amides is 1. The summed E-state index contributed by atoms with van der Waals surface area (Å²) < 4.78 is 28.7. The average Bonchev–Trinajstić information content (AvgIpc) is 3.81. The third-order valence-corrected chi connectivity index (χ3v) is 13.2. The van der Waals surface area contributed by atoms with Crippen LogP contribution in [0, 0.1) is 17.8 Å². The van der Waals surface area contributed by atoms with Crippen LogP contribution in [-0.2, 0) is 47.0 Å². The molecule has 5 aromatic carbocycles. The molecule has 0 aliphatic carbocycles. The zero-order valence-corrected chi connectivity index (χ0v) is 37.5. The summed E-state index contributed by atoms with van der Waals surface area (Å²) in [5, 5.41) is 13.2. The number of hydrogen-bond donors (Lipinski definition) is 3. The van der Waals surface area contributed by atoms with Crippen molar-refractivity contribution >= 4 is 35.6 Å². The quantitative estimate of drug-likeness (QED) is 0.0910. The lowest BCUT2D eigenvalue weighted by Gasteiger charge is -2.46. The van der Waals surface area contributed by atoms with Gasteiger partial charge in [-0.15, -0.1) is 0 Å². The number of cyclic esters (lactones) is 1. The van der Waals surface area contributed by atoms with Crippen molar-refractivity contribution in [3.63, 3.8) is 0 Å². The highest BCUT2D eigenvalue weighted by Crippen LogP contribution is 2.66. The Morgan fingerprint density at radius 2 is 1.50 bits per heavy atom. The van der Waals surface area contributed by atoms with Gasteiger partial charge in [-0.2, -0.15) is 0 Å². The predicted molar refractivity (Wildman–Crippen MR) is 246 cm³/mol. The van der Waals surface area contributed by atoms with Gasteiger partial charge in [0.15, 0.2) is 11.5 Å². The van der Waals surface area contributed by atoms with Crippen molar-refractivity contribution in [2.24, 2.45) is 11.7 Å². The Labute approximate surface area is 392 Å². The second kappa shape index (κ2) is 18.8. The Hall–Kier alpha value is -7.87. The van der Waals surface area contributed by atoms with Crippen molar-refractivity contribution in [3.05, 3.63) is 154 Å². The monoisotopic (exact) mass is 919 g/mol. The number of carbonyl (C=O) groups excluding carboxylic acids is 5. The topological polar surface area (TPSA) is 199 Å². The summed E-state index contributed by atoms with van der Waals surface area (Å²) in [6, 6.07) is 29.3. The number of phenols is 1. The van der Waals surface area contributed by atoms with Crippen LogP contribution in [0.25, 0.3) is 0 Å². The third-order valence-electron chi connectivity index (χ3n) is 13.2. The minimum absolute atomic E-state index is 0.0330. The van der Waals surface area contributed by atoms with Crippen molar-refractivity contribution in [3.8, 4) is 29.1 Å². The molecule has 6 atom stereocenters. The first kappa shape index (κ1) is 45.3. The smallest absolute Gasteiger partial charge is 0.421 e. The van der Waals surface area contributed by atoms with E-state index >= 15 is 14.4 Å². The molecule has 5 aromatic rings. The van der Waals surface area contributed by atoms with Crippen molar-refractivity contribution in [2.45, 2.75) is 42.6 Å². The fourth-order valence-electron chi connectivity index (χ4n) is 10.4. The summed E-state index contributed by atoms with van der Waals surface area (Å²) in [5.74, 6) is 3.19. The molecular weight excluding hydrogens is 871 g/mol. The molecule has 0 radical (unpaired) electrons. The first-order valence-corrected chi connectivity index (χ1v) is 22.1. The third kappa shape index (κ3) is 7.78. The number of fused-ring (bicyclic) bond motifs is 4. The van der Waals surface area contributed by atoms with E-state index in [1.165, 1.54) is 26.4 Å². The molecule has 1 spiro atoms. The van der Waals surface area contributed by atoms with Gasteiger partial charge in [-0.3, -0.25) is 19.3 Å². The molecule has 4 heterocycles. The summed E-state index contributed by atoms with van der Waals surface area (Å²) in [6.07, 6.45) is -1.56. The summed E-state index contributed by atoms with van der Waals surface area (Å²) in [5.41, 5.74) is 7.51. The van der Waals surface area contributed by atoms with Gasteiger partial charge in [0, 0.05) is 25.8 Å². The number of ether oxygens (including phenoxy) is 5. The zero-order chi connectivity index (χ0) is 47.7. The van der Waals surface area contributed by atoms with Crippen LogP contribution in [0.1, 0.15) is 57.1 Å². The van der Waals surface area contributed by atoms with Crippen LogP contribution < -0.4 is 25.4 Å². The number of anilines is 1. The molecule has 4 aliphatic heterocycles. The molecule has 0 bridgehead atoms. The van der Waals surface area contributed by atoms with Crippen molar-refractivity contribution in [1.29, 1.82) is 0 Å². The number of hydrogen-bond acceptors (Lipinski definition) is 12. The van der Waals surface area contributed by atoms with Crippen LogP contribution in [0.5, 0.6) is 17.2 Å². The molecule has 5 amide bonds. The Morgan fingerprint density at radius 1 is 0.824 bits per heavy atom. The number of methoxy groups -OCH3 is 3. The van der Waals surface area contributed by atoms with Gasteiger partial charge < -0.3 is 44.7 Å². The number of imide groups is 1. The van der Waals surface area contributed by atoms with Gasteiger partial charge in [0.1, 0.15) is 29.9 Å². The van der Waals surface area contributed by atoms with Crippen molar-refractivity contribution in [1.82, 2.24) is 15.1 Å². The molecular formula is C52H49N5O11. The van der Waals surface area contributed by atoms with Crippen LogP contribution in [0.15, 0.2) is 115 Å². The molecule has 0 aromatic heterocycles. The molecule has 4 aliphatic rings. The van der Waals surface area contributed by atoms with Crippen LogP contribution in [0.3, 0.4) is 0 Å². The highest BCUT2D eigenvalue weighted by molar-refractivity contribution is 6.23. The van der Waals surface area contributed by atoms with Gasteiger partial charge in [0.25, 0.3) is 0 Å². The highest BCUT2D eigenvalue weighted by atomic mass is 16.6. The second-order valence-corrected chi connectivity index (χ2v) is 16.8. The number of nitrogens with one attached hydrogen (secondary N) is 1. The molecule has 16 heteroatoms. The molecule has 4 N–H and O–H groups in total. The number of carbonyl (C=O) groups is 5. The number of rotatable bonds is 10. The number of esters is 1. The van der Waals surface area contributed by atoms with E-state index in [4.69, 9.17) is 29.4 Å². The van der Waals surface area contributed by atoms with Crippen LogP contribution in [-0.4, -0.2) is 98.5 Å². The van der Waals surface area contributed by atoms with Gasteiger partial charge in [0.2, 0.25) is 11.8 Å². The van der Waals surface area contributed by atoms with Gasteiger partial charge in [-0.05, 0) is 82.3 Å². The minimum Gasteiger partial charge on any atom is -0.508 e. The molecule has 16 nitrogen and oxygen atoms in total. The lowest BCUT2D eigenvalue weighted by Crippen LogP contribution is -2.57. The first-order chi connectivity index (χ1) is 33.0. The van der Waals surface area contributed by atoms with E-state index < -0.39 is 65.5 Å². The standard InChI is InChI=1S/C52H49N5O11/c1-64-25-26-67-51(63)56-39-21-16-31(11-10-23-54-50(53)62)27-38(39)52(49(56)61)42(47(59)55-24-22-35-28-40(65-2)41(66-3)29-36(35)30-55)44-48(60)68-45(33-14-8-5-9-15-33)43(32-12-6-4-7-13-32)57(44)46(52)34-17-19-37(58)20-18-34/h4-9,12-21,27-29,42-46,58H,22-26,30H2,1-3H3,(H3,53,54,62)/t42-,43-,44-,45+,46+,52-/m1/s1. The molecule has 2 saturated heterocycles. The number of nitrogens with zero attached hydrogens (tertiary/aromatic N) is 3. The molecule has 0 unspecified atom stereocenters. The minimum atomic E-state index is -2.09. The fraction of sp³-hybridized carbons (Fsp3) is 0.288.